The van der Waals surface area contributed by atoms with Gasteiger partial charge in [0.15, 0.2) is 0 Å². The fraction of sp³-hybridized carbons (Fsp3) is 0.438. The molecule has 0 heterocycles. The summed E-state index contributed by atoms with van der Waals surface area (Å²) < 4.78 is 0. The third-order valence-corrected chi connectivity index (χ3v) is 3.35. The van der Waals surface area contributed by atoms with Crippen molar-refractivity contribution in [3.8, 4) is 0 Å². The third kappa shape index (κ3) is 7.30. The van der Waals surface area contributed by atoms with Gasteiger partial charge >= 0.3 is 12.0 Å². The van der Waals surface area contributed by atoms with E-state index in [1.54, 1.807) is 6.92 Å². The first-order chi connectivity index (χ1) is 10.9. The van der Waals surface area contributed by atoms with Gasteiger partial charge in [0.1, 0.15) is 6.04 Å². The lowest BCUT2D eigenvalue weighted by molar-refractivity contribution is -0.137. The summed E-state index contributed by atoms with van der Waals surface area (Å²) >= 11 is 0. The molecule has 7 nitrogen and oxygen atoms in total. The minimum atomic E-state index is -0.913. The molecule has 0 spiro atoms. The van der Waals surface area contributed by atoms with Gasteiger partial charge in [-0.25, -0.2) is 4.79 Å². The predicted molar refractivity (Wildman–Crippen MR) is 86.0 cm³/mol. The van der Waals surface area contributed by atoms with Crippen LogP contribution < -0.4 is 16.0 Å². The van der Waals surface area contributed by atoms with Gasteiger partial charge in [0.05, 0.1) is 0 Å². The first kappa shape index (κ1) is 18.5. The van der Waals surface area contributed by atoms with Crippen LogP contribution in [0.3, 0.4) is 0 Å². The molecule has 0 saturated heterocycles. The van der Waals surface area contributed by atoms with Gasteiger partial charge in [0, 0.05) is 19.5 Å². The summed E-state index contributed by atoms with van der Waals surface area (Å²) in [6.45, 7) is 1.57. The van der Waals surface area contributed by atoms with E-state index in [1.165, 1.54) is 7.05 Å². The monoisotopic (exact) mass is 321 g/mol. The molecule has 0 fully saturated rings. The minimum absolute atomic E-state index is 0.0389. The van der Waals surface area contributed by atoms with Gasteiger partial charge in [-0.3, -0.25) is 9.59 Å². The Kier molecular flexibility index (Phi) is 7.59. The highest BCUT2D eigenvalue weighted by atomic mass is 16.4. The smallest absolute Gasteiger partial charge is 0.315 e. The Morgan fingerprint density at radius 3 is 2.35 bits per heavy atom. The quantitative estimate of drug-likeness (QED) is 0.570. The standard InChI is InChI=1S/C16H23N3O4/c1-11(15(22)17-2)18-16(23)19-13(8-9-14(20)21)10-12-6-4-3-5-7-12/h3-7,11,13H,8-10H2,1-2H3,(H,17,22)(H,20,21)(H2,18,19,23)/t11-,13?/m0/s1. The lowest BCUT2D eigenvalue weighted by Crippen LogP contribution is -2.50. The molecule has 7 heteroatoms. The number of carboxylic acid groups (broad SMARTS) is 1. The molecule has 2 atom stereocenters. The number of amides is 3. The van der Waals surface area contributed by atoms with Gasteiger partial charge in [-0.05, 0) is 25.3 Å². The molecule has 0 aliphatic heterocycles. The van der Waals surface area contributed by atoms with Gasteiger partial charge in [0.25, 0.3) is 0 Å². The van der Waals surface area contributed by atoms with E-state index in [4.69, 9.17) is 5.11 Å². The van der Waals surface area contributed by atoms with Crippen LogP contribution in [0.2, 0.25) is 0 Å². The van der Waals surface area contributed by atoms with Crippen molar-refractivity contribution >= 4 is 17.9 Å². The first-order valence-electron chi connectivity index (χ1n) is 7.46. The Morgan fingerprint density at radius 1 is 1.13 bits per heavy atom. The Hall–Kier alpha value is -2.57. The summed E-state index contributed by atoms with van der Waals surface area (Å²) in [5.74, 6) is -1.21. The summed E-state index contributed by atoms with van der Waals surface area (Å²) in [5, 5.41) is 16.5. The summed E-state index contributed by atoms with van der Waals surface area (Å²) in [6, 6.07) is 8.01. The van der Waals surface area contributed by atoms with Crippen molar-refractivity contribution in [2.45, 2.75) is 38.3 Å². The maximum absolute atomic E-state index is 12.0. The van der Waals surface area contributed by atoms with Gasteiger partial charge < -0.3 is 21.1 Å². The molecule has 0 radical (unpaired) electrons. The number of carbonyl (C=O) groups is 3. The number of carboxylic acids is 1. The summed E-state index contributed by atoms with van der Waals surface area (Å²) in [4.78, 5) is 34.1. The van der Waals surface area contributed by atoms with Crippen LogP contribution in [0.25, 0.3) is 0 Å². The highest BCUT2D eigenvalue weighted by Crippen LogP contribution is 2.08. The highest BCUT2D eigenvalue weighted by molar-refractivity contribution is 5.86. The molecule has 0 aliphatic carbocycles. The number of nitrogens with one attached hydrogen (secondary N) is 3. The molecule has 0 bridgehead atoms. The molecule has 0 saturated carbocycles. The van der Waals surface area contributed by atoms with Crippen LogP contribution in [0.1, 0.15) is 25.3 Å². The van der Waals surface area contributed by atoms with Crippen molar-refractivity contribution in [3.63, 3.8) is 0 Å². The molecule has 3 amide bonds. The molecular weight excluding hydrogens is 298 g/mol. The molecule has 1 aromatic rings. The zero-order valence-electron chi connectivity index (χ0n) is 13.3. The molecular formula is C16H23N3O4. The summed E-state index contributed by atoms with van der Waals surface area (Å²) in [7, 11) is 1.49. The van der Waals surface area contributed by atoms with E-state index >= 15 is 0 Å². The largest absolute Gasteiger partial charge is 0.481 e. The molecule has 1 unspecified atom stereocenters. The number of carbonyl (C=O) groups excluding carboxylic acids is 2. The van der Waals surface area contributed by atoms with E-state index in [9.17, 15) is 14.4 Å². The van der Waals surface area contributed by atoms with Crippen LogP contribution in [-0.4, -0.2) is 42.1 Å². The number of aliphatic carboxylic acids is 1. The second kappa shape index (κ2) is 9.45. The van der Waals surface area contributed by atoms with E-state index in [-0.39, 0.29) is 18.4 Å². The first-order valence-corrected chi connectivity index (χ1v) is 7.46. The van der Waals surface area contributed by atoms with Crippen LogP contribution in [-0.2, 0) is 16.0 Å². The molecule has 23 heavy (non-hydrogen) atoms. The topological polar surface area (TPSA) is 108 Å². The summed E-state index contributed by atoms with van der Waals surface area (Å²) in [6.07, 6.45) is 0.796. The Morgan fingerprint density at radius 2 is 1.78 bits per heavy atom. The van der Waals surface area contributed by atoms with Gasteiger partial charge in [0.2, 0.25) is 5.91 Å². The van der Waals surface area contributed by atoms with Crippen molar-refractivity contribution in [1.29, 1.82) is 0 Å². The van der Waals surface area contributed by atoms with Crippen LogP contribution in [0.4, 0.5) is 4.79 Å². The van der Waals surface area contributed by atoms with Crippen molar-refractivity contribution in [2.24, 2.45) is 0 Å². The van der Waals surface area contributed by atoms with Crippen molar-refractivity contribution < 1.29 is 19.5 Å². The van der Waals surface area contributed by atoms with E-state index in [0.29, 0.717) is 12.8 Å². The number of urea groups is 1. The van der Waals surface area contributed by atoms with Crippen LogP contribution in [0.5, 0.6) is 0 Å². The lowest BCUT2D eigenvalue weighted by Gasteiger charge is -2.20. The number of likely N-dealkylation sites (N-methyl/N-ethyl adjacent to an activating group) is 1. The van der Waals surface area contributed by atoms with Gasteiger partial charge in [-0.1, -0.05) is 30.3 Å². The molecule has 0 aromatic heterocycles. The fourth-order valence-electron chi connectivity index (χ4n) is 2.13. The van der Waals surface area contributed by atoms with Crippen molar-refractivity contribution in [3.05, 3.63) is 35.9 Å². The van der Waals surface area contributed by atoms with Gasteiger partial charge in [-0.2, -0.15) is 0 Å². The number of rotatable bonds is 8. The SMILES string of the molecule is CNC(=O)[C@H](C)NC(=O)NC(CCC(=O)O)Cc1ccccc1. The Bertz CT molecular complexity index is 533. The highest BCUT2D eigenvalue weighted by Gasteiger charge is 2.18. The van der Waals surface area contributed by atoms with Crippen LogP contribution >= 0.6 is 0 Å². The average molecular weight is 321 g/mol. The normalized spacial score (nSPS) is 12.8. The van der Waals surface area contributed by atoms with E-state index in [2.05, 4.69) is 16.0 Å². The van der Waals surface area contributed by atoms with E-state index < -0.39 is 18.0 Å². The zero-order valence-corrected chi connectivity index (χ0v) is 13.3. The van der Waals surface area contributed by atoms with Gasteiger partial charge in [-0.15, -0.1) is 0 Å². The number of hydrogen-bond acceptors (Lipinski definition) is 3. The molecule has 1 rings (SSSR count). The second-order valence-corrected chi connectivity index (χ2v) is 5.27. The number of benzene rings is 1. The molecule has 126 valence electrons. The Labute approximate surface area is 135 Å². The molecule has 0 aliphatic rings. The maximum Gasteiger partial charge on any atom is 0.315 e. The summed E-state index contributed by atoms with van der Waals surface area (Å²) in [5.41, 5.74) is 1.00. The lowest BCUT2D eigenvalue weighted by atomic mass is 10.0. The molecule has 1 aromatic carbocycles. The Balaban J connectivity index is 2.62. The average Bonchev–Trinajstić information content (AvgIpc) is 2.52. The number of hydrogen-bond donors (Lipinski definition) is 4. The predicted octanol–water partition coefficient (Wildman–Crippen LogP) is 0.896. The zero-order chi connectivity index (χ0) is 17.2. The van der Waals surface area contributed by atoms with Crippen LogP contribution in [0, 0.1) is 0 Å². The van der Waals surface area contributed by atoms with E-state index in [1.807, 2.05) is 30.3 Å². The van der Waals surface area contributed by atoms with E-state index in [0.717, 1.165) is 5.56 Å². The maximum atomic E-state index is 12.0. The molecule has 4 N–H and O–H groups in total. The fourth-order valence-corrected chi connectivity index (χ4v) is 2.13. The van der Waals surface area contributed by atoms with Crippen LogP contribution in [0.15, 0.2) is 30.3 Å². The third-order valence-electron chi connectivity index (χ3n) is 3.35. The van der Waals surface area contributed by atoms with Crippen molar-refractivity contribution in [2.75, 3.05) is 7.05 Å². The van der Waals surface area contributed by atoms with Crippen molar-refractivity contribution in [1.82, 2.24) is 16.0 Å². The minimum Gasteiger partial charge on any atom is -0.481 e. The second-order valence-electron chi connectivity index (χ2n) is 5.27.